The minimum atomic E-state index is -1.26. The number of ether oxygens (including phenoxy) is 2. The van der Waals surface area contributed by atoms with Gasteiger partial charge in [0.15, 0.2) is 5.65 Å². The Kier molecular flexibility index (Phi) is 9.77. The van der Waals surface area contributed by atoms with Gasteiger partial charge in [-0.25, -0.2) is 19.3 Å². The smallest absolute Gasteiger partial charge is 0.328 e. The Labute approximate surface area is 237 Å². The average Bonchev–Trinajstić information content (AvgIpc) is 3.30. The van der Waals surface area contributed by atoms with Crippen LogP contribution in [0.4, 0.5) is 0 Å². The summed E-state index contributed by atoms with van der Waals surface area (Å²) < 4.78 is 13.6. The van der Waals surface area contributed by atoms with Gasteiger partial charge in [-0.3, -0.25) is 4.79 Å². The number of aromatic amines is 1. The number of hydrogen-bond donors (Lipinski definition) is 3. The topological polar surface area (TPSA) is 160 Å². The molecule has 3 aromatic rings. The van der Waals surface area contributed by atoms with Crippen molar-refractivity contribution in [2.45, 2.75) is 57.0 Å². The molecule has 5 rings (SSSR count). The van der Waals surface area contributed by atoms with Crippen LogP contribution in [0.25, 0.3) is 22.4 Å². The van der Waals surface area contributed by atoms with E-state index in [4.69, 9.17) is 29.8 Å². The number of carbonyl (C=O) groups is 2. The molecule has 3 heterocycles. The van der Waals surface area contributed by atoms with Gasteiger partial charge in [-0.1, -0.05) is 19.3 Å². The van der Waals surface area contributed by atoms with Crippen LogP contribution in [0.2, 0.25) is 0 Å². The molecular weight excluding hydrogens is 530 g/mol. The molecule has 2 fully saturated rings. The van der Waals surface area contributed by atoms with Gasteiger partial charge in [-0.2, -0.15) is 5.10 Å². The van der Waals surface area contributed by atoms with E-state index < -0.39 is 11.9 Å². The van der Waals surface area contributed by atoms with E-state index in [1.165, 1.54) is 19.3 Å². The van der Waals surface area contributed by atoms with E-state index in [2.05, 4.69) is 16.9 Å². The molecule has 0 spiro atoms. The summed E-state index contributed by atoms with van der Waals surface area (Å²) >= 11 is 0. The number of fused-ring (bicyclic) bond motifs is 1. The number of aromatic nitrogens is 4. The molecule has 1 aliphatic carbocycles. The molecule has 2 aromatic heterocycles. The molecule has 0 amide bonds. The van der Waals surface area contributed by atoms with E-state index in [1.54, 1.807) is 11.8 Å². The van der Waals surface area contributed by atoms with Crippen LogP contribution in [0.1, 0.15) is 56.6 Å². The van der Waals surface area contributed by atoms with Crippen molar-refractivity contribution in [3.05, 3.63) is 46.4 Å². The highest BCUT2D eigenvalue weighted by Gasteiger charge is 2.25. The van der Waals surface area contributed by atoms with Crippen LogP contribution in [0, 0.1) is 0 Å². The maximum atomic E-state index is 13.2. The Bertz CT molecular complexity index is 1450. The summed E-state index contributed by atoms with van der Waals surface area (Å²) in [6, 6.07) is 5.72. The number of piperidine rings is 1. The maximum Gasteiger partial charge on any atom is 0.328 e. The second-order valence-electron chi connectivity index (χ2n) is 10.4. The molecule has 3 N–H and O–H groups in total. The number of carboxylic acid groups (broad SMARTS) is 2. The van der Waals surface area contributed by atoms with Crippen LogP contribution in [0.3, 0.4) is 0 Å². The van der Waals surface area contributed by atoms with Crippen molar-refractivity contribution in [1.82, 2.24) is 24.6 Å². The molecule has 0 bridgehead atoms. The third-order valence-electron chi connectivity index (χ3n) is 7.48. The van der Waals surface area contributed by atoms with E-state index in [0.717, 1.165) is 55.8 Å². The number of H-pyrrole nitrogens is 1. The summed E-state index contributed by atoms with van der Waals surface area (Å²) in [6.45, 7) is 2.08. The highest BCUT2D eigenvalue weighted by Crippen LogP contribution is 2.36. The summed E-state index contributed by atoms with van der Waals surface area (Å²) in [6.07, 6.45) is 9.15. The molecule has 12 nitrogen and oxygen atoms in total. The minimum Gasteiger partial charge on any atom is -0.496 e. The predicted octanol–water partition coefficient (Wildman–Crippen LogP) is 3.56. The van der Waals surface area contributed by atoms with Crippen LogP contribution >= 0.6 is 0 Å². The van der Waals surface area contributed by atoms with E-state index in [0.29, 0.717) is 40.7 Å². The van der Waals surface area contributed by atoms with Crippen molar-refractivity contribution < 1.29 is 29.3 Å². The predicted molar refractivity (Wildman–Crippen MR) is 153 cm³/mol. The van der Waals surface area contributed by atoms with Crippen molar-refractivity contribution in [1.29, 1.82) is 0 Å². The molecule has 2 aliphatic rings. The molecular formula is C29H37N5O7. The highest BCUT2D eigenvalue weighted by atomic mass is 16.5. The maximum absolute atomic E-state index is 13.2. The fourth-order valence-electron chi connectivity index (χ4n) is 5.35. The lowest BCUT2D eigenvalue weighted by atomic mass is 9.86. The number of hydrogen-bond acceptors (Lipinski definition) is 8. The number of rotatable bonds is 7. The van der Waals surface area contributed by atoms with Gasteiger partial charge in [-0.05, 0) is 44.9 Å². The summed E-state index contributed by atoms with van der Waals surface area (Å²) in [7, 11) is 5.62. The Morgan fingerprint density at radius 1 is 1.02 bits per heavy atom. The number of carboxylic acids is 2. The van der Waals surface area contributed by atoms with Crippen LogP contribution < -0.4 is 15.0 Å². The second kappa shape index (κ2) is 13.4. The standard InChI is InChI=1S/C25H33N5O3.C4H4O4/c1-29-13-11-17(12-14-29)33-18-9-10-19(20(15-18)32-3)23-26-24-21(25(31)27-23)22(28-30(24)2)16-7-5-4-6-8-16;5-3(6)1-2-4(7)8/h9-10,15-17H,4-8,11-14H2,1-3H3,(H,26,27,31);1-2H,(H,5,6)(H,7,8)/b;2-1-. The molecule has 1 saturated carbocycles. The first kappa shape index (κ1) is 29.8. The SMILES string of the molecule is COc1cc(OC2CCN(C)CC2)ccc1-c1nc2c(c(C3CCCCC3)nn2C)c(=O)[nH]1.O=C(O)/C=C\C(=O)O. The number of benzene rings is 1. The largest absolute Gasteiger partial charge is 0.496 e. The van der Waals surface area contributed by atoms with E-state index >= 15 is 0 Å². The van der Waals surface area contributed by atoms with E-state index in [1.807, 2.05) is 25.2 Å². The Balaban J connectivity index is 0.000000426. The van der Waals surface area contributed by atoms with Crippen molar-refractivity contribution in [3.8, 4) is 22.9 Å². The zero-order valence-electron chi connectivity index (χ0n) is 23.6. The normalized spacial score (nSPS) is 16.9. The molecule has 0 unspecified atom stereocenters. The van der Waals surface area contributed by atoms with Crippen molar-refractivity contribution >= 4 is 23.0 Å². The quantitative estimate of drug-likeness (QED) is 0.360. The van der Waals surface area contributed by atoms with Crippen molar-refractivity contribution in [2.75, 3.05) is 27.2 Å². The average molecular weight is 568 g/mol. The molecule has 220 valence electrons. The lowest BCUT2D eigenvalue weighted by molar-refractivity contribution is -0.134. The number of aliphatic carboxylic acids is 2. The van der Waals surface area contributed by atoms with Gasteiger partial charge in [-0.15, -0.1) is 0 Å². The minimum absolute atomic E-state index is 0.141. The number of likely N-dealkylation sites (tertiary alicyclic amines) is 1. The zero-order valence-corrected chi connectivity index (χ0v) is 23.6. The van der Waals surface area contributed by atoms with E-state index in [-0.39, 0.29) is 11.7 Å². The van der Waals surface area contributed by atoms with Gasteiger partial charge in [0.05, 0.1) is 18.4 Å². The second-order valence-corrected chi connectivity index (χ2v) is 10.4. The number of nitrogens with zero attached hydrogens (tertiary/aromatic N) is 4. The van der Waals surface area contributed by atoms with Crippen molar-refractivity contribution in [2.24, 2.45) is 7.05 Å². The van der Waals surface area contributed by atoms with Gasteiger partial charge in [0.25, 0.3) is 5.56 Å². The molecule has 41 heavy (non-hydrogen) atoms. The molecule has 0 radical (unpaired) electrons. The van der Waals surface area contributed by atoms with Gasteiger partial charge < -0.3 is 29.6 Å². The number of nitrogens with one attached hydrogen (secondary N) is 1. The number of aryl methyl sites for hydroxylation is 1. The van der Waals surface area contributed by atoms with Crippen LogP contribution in [-0.2, 0) is 16.6 Å². The summed E-state index contributed by atoms with van der Waals surface area (Å²) in [5.74, 6) is -0.304. The first-order chi connectivity index (χ1) is 19.7. The van der Waals surface area contributed by atoms with E-state index in [9.17, 15) is 14.4 Å². The highest BCUT2D eigenvalue weighted by molar-refractivity contribution is 5.89. The molecule has 0 atom stereocenters. The Morgan fingerprint density at radius 3 is 2.29 bits per heavy atom. The molecule has 1 aromatic carbocycles. The Morgan fingerprint density at radius 2 is 1.68 bits per heavy atom. The summed E-state index contributed by atoms with van der Waals surface area (Å²) in [5, 5.41) is 21.0. The lowest BCUT2D eigenvalue weighted by Crippen LogP contribution is -2.35. The van der Waals surface area contributed by atoms with Gasteiger partial charge >= 0.3 is 11.9 Å². The number of methoxy groups -OCH3 is 1. The molecule has 1 saturated heterocycles. The monoisotopic (exact) mass is 567 g/mol. The van der Waals surface area contributed by atoms with Gasteiger partial charge in [0, 0.05) is 44.3 Å². The lowest BCUT2D eigenvalue weighted by Gasteiger charge is -2.29. The van der Waals surface area contributed by atoms with Gasteiger partial charge in [0.1, 0.15) is 28.8 Å². The first-order valence-electron chi connectivity index (χ1n) is 13.8. The van der Waals surface area contributed by atoms with Crippen molar-refractivity contribution in [3.63, 3.8) is 0 Å². The summed E-state index contributed by atoms with van der Waals surface area (Å²) in [4.78, 5) is 42.4. The fourth-order valence-corrected chi connectivity index (χ4v) is 5.35. The summed E-state index contributed by atoms with van der Waals surface area (Å²) in [5.41, 5.74) is 2.09. The molecule has 12 heteroatoms. The van der Waals surface area contributed by atoms with Crippen LogP contribution in [0.5, 0.6) is 11.5 Å². The first-order valence-corrected chi connectivity index (χ1v) is 13.8. The van der Waals surface area contributed by atoms with Crippen LogP contribution in [-0.4, -0.2) is 80.2 Å². The van der Waals surface area contributed by atoms with Crippen LogP contribution in [0.15, 0.2) is 35.1 Å². The third kappa shape index (κ3) is 7.51. The third-order valence-corrected chi connectivity index (χ3v) is 7.48. The fraction of sp³-hybridized carbons (Fsp3) is 0.483. The Hall–Kier alpha value is -4.19. The molecule has 1 aliphatic heterocycles. The zero-order chi connectivity index (χ0) is 29.5. The van der Waals surface area contributed by atoms with Gasteiger partial charge in [0.2, 0.25) is 0 Å².